The Labute approximate surface area is 183 Å². The van der Waals surface area contributed by atoms with Gasteiger partial charge in [0.05, 0.1) is 12.1 Å². The van der Waals surface area contributed by atoms with Crippen LogP contribution in [0.2, 0.25) is 0 Å². The van der Waals surface area contributed by atoms with Gasteiger partial charge in [-0.05, 0) is 73.6 Å². The van der Waals surface area contributed by atoms with Gasteiger partial charge in [-0.15, -0.1) is 0 Å². The highest BCUT2D eigenvalue weighted by molar-refractivity contribution is 5.83. The van der Waals surface area contributed by atoms with Gasteiger partial charge in [-0.3, -0.25) is 4.79 Å². The third-order valence-electron chi connectivity index (χ3n) is 5.90. The monoisotopic (exact) mass is 424 g/mol. The third kappa shape index (κ3) is 5.35. The van der Waals surface area contributed by atoms with Crippen LogP contribution in [0.1, 0.15) is 34.7 Å². The molecule has 0 bridgehead atoms. The second-order valence-electron chi connectivity index (χ2n) is 8.20. The van der Waals surface area contributed by atoms with Crippen molar-refractivity contribution in [1.82, 2.24) is 15.5 Å². The predicted molar refractivity (Wildman–Crippen MR) is 121 cm³/mol. The van der Waals surface area contributed by atoms with Crippen molar-refractivity contribution in [2.75, 3.05) is 13.1 Å². The summed E-state index contributed by atoms with van der Waals surface area (Å²) in [5.74, 6) is 0.0758. The van der Waals surface area contributed by atoms with Gasteiger partial charge in [-0.2, -0.15) is 0 Å². The van der Waals surface area contributed by atoms with Crippen LogP contribution in [0.5, 0.6) is 5.75 Å². The van der Waals surface area contributed by atoms with E-state index in [1.165, 1.54) is 5.56 Å². The molecule has 0 fully saturated rings. The fourth-order valence-electron chi connectivity index (χ4n) is 4.27. The van der Waals surface area contributed by atoms with Gasteiger partial charge in [0.2, 0.25) is 5.91 Å². The first-order valence-corrected chi connectivity index (χ1v) is 10.7. The van der Waals surface area contributed by atoms with Crippen molar-refractivity contribution in [3.8, 4) is 5.75 Å². The first kappa shape index (κ1) is 22.6. The molecule has 7 heteroatoms. The van der Waals surface area contributed by atoms with Crippen molar-refractivity contribution in [2.45, 2.75) is 52.2 Å². The maximum atomic E-state index is 13.4. The zero-order chi connectivity index (χ0) is 22.5. The molecule has 3 amide bonds. The summed E-state index contributed by atoms with van der Waals surface area (Å²) in [6.45, 7) is 7.05. The molecule has 1 aliphatic heterocycles. The van der Waals surface area contributed by atoms with Gasteiger partial charge in [0.1, 0.15) is 5.75 Å². The number of nitrogens with zero attached hydrogens (tertiary/aromatic N) is 1. The van der Waals surface area contributed by atoms with Crippen LogP contribution >= 0.6 is 0 Å². The molecule has 0 saturated heterocycles. The normalized spacial score (nSPS) is 16.4. The van der Waals surface area contributed by atoms with Gasteiger partial charge in [0, 0.05) is 19.6 Å². The lowest BCUT2D eigenvalue weighted by atomic mass is 9.91. The zero-order valence-electron chi connectivity index (χ0n) is 18.4. The molecule has 1 heterocycles. The van der Waals surface area contributed by atoms with Crippen molar-refractivity contribution >= 4 is 11.9 Å². The Morgan fingerprint density at radius 1 is 1.16 bits per heavy atom. The van der Waals surface area contributed by atoms with Crippen molar-refractivity contribution in [3.05, 3.63) is 64.2 Å². The Morgan fingerprint density at radius 3 is 2.45 bits per heavy atom. The summed E-state index contributed by atoms with van der Waals surface area (Å²) < 4.78 is 0. The average molecular weight is 425 g/mol. The van der Waals surface area contributed by atoms with E-state index in [0.29, 0.717) is 32.5 Å². The number of amides is 3. The van der Waals surface area contributed by atoms with Crippen LogP contribution in [0.25, 0.3) is 0 Å². The Hall–Kier alpha value is -3.06. The quantitative estimate of drug-likeness (QED) is 0.570. The SMILES string of the molecule is CCNC(=O)NC[C@@H]1Cc2ccccc2CN1C(=O)[C@@H](N)Cc1c(C)cc(O)cc1C. The smallest absolute Gasteiger partial charge is 0.314 e. The molecular formula is C24H32N4O3. The number of nitrogens with one attached hydrogen (secondary N) is 2. The van der Waals surface area contributed by atoms with E-state index in [2.05, 4.69) is 16.7 Å². The molecule has 31 heavy (non-hydrogen) atoms. The summed E-state index contributed by atoms with van der Waals surface area (Å²) in [6, 6.07) is 10.3. The Kier molecular flexibility index (Phi) is 7.17. The van der Waals surface area contributed by atoms with Crippen molar-refractivity contribution in [3.63, 3.8) is 0 Å². The molecule has 0 radical (unpaired) electrons. The van der Waals surface area contributed by atoms with Crippen LogP contribution in [-0.2, 0) is 24.2 Å². The van der Waals surface area contributed by atoms with Gasteiger partial charge < -0.3 is 26.4 Å². The number of aromatic hydroxyl groups is 1. The number of rotatable bonds is 6. The first-order valence-electron chi connectivity index (χ1n) is 10.7. The molecule has 0 spiro atoms. The number of aryl methyl sites for hydroxylation is 2. The second-order valence-corrected chi connectivity index (χ2v) is 8.20. The van der Waals surface area contributed by atoms with Crippen LogP contribution in [0.15, 0.2) is 36.4 Å². The molecule has 2 aromatic rings. The van der Waals surface area contributed by atoms with Crippen molar-refractivity contribution in [1.29, 1.82) is 0 Å². The Balaban J connectivity index is 1.79. The topological polar surface area (TPSA) is 108 Å². The van der Waals surface area contributed by atoms with Gasteiger partial charge in [0.25, 0.3) is 0 Å². The predicted octanol–water partition coefficient (Wildman–Crippen LogP) is 2.15. The highest BCUT2D eigenvalue weighted by Crippen LogP contribution is 2.26. The molecule has 0 aromatic heterocycles. The molecule has 166 valence electrons. The van der Waals surface area contributed by atoms with Crippen LogP contribution in [-0.4, -0.2) is 47.1 Å². The van der Waals surface area contributed by atoms with Crippen LogP contribution in [0, 0.1) is 13.8 Å². The number of urea groups is 1. The van der Waals surface area contributed by atoms with E-state index in [-0.39, 0.29) is 23.7 Å². The zero-order valence-corrected chi connectivity index (χ0v) is 18.4. The van der Waals surface area contributed by atoms with Crippen LogP contribution in [0.4, 0.5) is 4.79 Å². The van der Waals surface area contributed by atoms with E-state index < -0.39 is 6.04 Å². The first-order chi connectivity index (χ1) is 14.8. The van der Waals surface area contributed by atoms with Gasteiger partial charge >= 0.3 is 6.03 Å². The summed E-state index contributed by atoms with van der Waals surface area (Å²) in [6.07, 6.45) is 1.06. The number of phenols is 1. The van der Waals surface area contributed by atoms with E-state index in [1.54, 1.807) is 17.0 Å². The number of hydrogen-bond acceptors (Lipinski definition) is 4. The van der Waals surface area contributed by atoms with Gasteiger partial charge in [-0.1, -0.05) is 24.3 Å². The van der Waals surface area contributed by atoms with Crippen molar-refractivity contribution < 1.29 is 14.7 Å². The van der Waals surface area contributed by atoms with Crippen LogP contribution < -0.4 is 16.4 Å². The molecule has 3 rings (SSSR count). The van der Waals surface area contributed by atoms with E-state index in [1.807, 2.05) is 39.0 Å². The molecule has 1 aliphatic rings. The van der Waals surface area contributed by atoms with Crippen molar-refractivity contribution in [2.24, 2.45) is 5.73 Å². The molecule has 2 aromatic carbocycles. The number of carbonyl (C=O) groups is 2. The minimum atomic E-state index is -0.709. The van der Waals surface area contributed by atoms with Gasteiger partial charge in [0.15, 0.2) is 0 Å². The summed E-state index contributed by atoms with van der Waals surface area (Å²) in [5, 5.41) is 15.4. The number of hydrogen-bond donors (Lipinski definition) is 4. The van der Waals surface area contributed by atoms with Crippen LogP contribution in [0.3, 0.4) is 0 Å². The summed E-state index contributed by atoms with van der Waals surface area (Å²) >= 11 is 0. The molecule has 0 saturated carbocycles. The van der Waals surface area contributed by atoms with Gasteiger partial charge in [-0.25, -0.2) is 4.79 Å². The minimum Gasteiger partial charge on any atom is -0.508 e. The third-order valence-corrected chi connectivity index (χ3v) is 5.90. The fraction of sp³-hybridized carbons (Fsp3) is 0.417. The highest BCUT2D eigenvalue weighted by Gasteiger charge is 2.32. The standard InChI is InChI=1S/C24H32N4O3/c1-4-26-24(31)27-13-19-11-17-7-5-6-8-18(17)14-28(19)23(30)22(25)12-21-15(2)9-20(29)10-16(21)3/h5-10,19,22,29H,4,11-14,25H2,1-3H3,(H2,26,27,31)/t19-,22-/m0/s1. The lowest BCUT2D eigenvalue weighted by Crippen LogP contribution is -2.55. The Morgan fingerprint density at radius 2 is 1.81 bits per heavy atom. The number of benzene rings is 2. The molecule has 0 aliphatic carbocycles. The molecule has 7 nitrogen and oxygen atoms in total. The average Bonchev–Trinajstić information content (AvgIpc) is 2.73. The molecule has 5 N–H and O–H groups in total. The largest absolute Gasteiger partial charge is 0.508 e. The van der Waals surface area contributed by atoms with E-state index >= 15 is 0 Å². The lowest BCUT2D eigenvalue weighted by Gasteiger charge is -2.38. The number of fused-ring (bicyclic) bond motifs is 1. The summed E-state index contributed by atoms with van der Waals surface area (Å²) in [5.41, 5.74) is 11.5. The molecule has 2 atom stereocenters. The maximum Gasteiger partial charge on any atom is 0.314 e. The Bertz CT molecular complexity index is 937. The number of nitrogens with two attached hydrogens (primary N) is 1. The molecular weight excluding hydrogens is 392 g/mol. The minimum absolute atomic E-state index is 0.135. The lowest BCUT2D eigenvalue weighted by molar-refractivity contribution is -0.136. The van der Waals surface area contributed by atoms with E-state index in [9.17, 15) is 14.7 Å². The van der Waals surface area contributed by atoms with E-state index in [0.717, 1.165) is 22.3 Å². The fourth-order valence-corrected chi connectivity index (χ4v) is 4.27. The number of phenolic OH excluding ortho intramolecular Hbond substituents is 1. The second kappa shape index (κ2) is 9.83. The summed E-state index contributed by atoms with van der Waals surface area (Å²) in [7, 11) is 0. The number of carbonyl (C=O) groups excluding carboxylic acids is 2. The summed E-state index contributed by atoms with van der Waals surface area (Å²) in [4.78, 5) is 27.1. The molecule has 0 unspecified atom stereocenters. The van der Waals surface area contributed by atoms with E-state index in [4.69, 9.17) is 5.73 Å². The highest BCUT2D eigenvalue weighted by atomic mass is 16.3. The maximum absolute atomic E-state index is 13.4.